The van der Waals surface area contributed by atoms with Crippen molar-refractivity contribution in [1.29, 1.82) is 0 Å². The molecule has 0 aliphatic rings. The SMILES string of the molecule is CC(C)(C)c1cc(-c2c(-c3cc(C(C)(C)C)c(O)c(C(C)(C)C)c3)c2=O)cc(C(C)(C)C)c1O. The van der Waals surface area contributed by atoms with Crippen molar-refractivity contribution in [1.82, 2.24) is 0 Å². The maximum atomic E-state index is 13.2. The van der Waals surface area contributed by atoms with Crippen LogP contribution in [0.25, 0.3) is 22.3 Å². The van der Waals surface area contributed by atoms with Gasteiger partial charge >= 0.3 is 0 Å². The van der Waals surface area contributed by atoms with Crippen molar-refractivity contribution < 1.29 is 10.2 Å². The van der Waals surface area contributed by atoms with Crippen molar-refractivity contribution >= 4 is 0 Å². The Labute approximate surface area is 205 Å². The average molecular weight is 463 g/mol. The quantitative estimate of drug-likeness (QED) is 0.407. The van der Waals surface area contributed by atoms with Crippen LogP contribution in [0.4, 0.5) is 0 Å². The van der Waals surface area contributed by atoms with Crippen LogP contribution in [-0.4, -0.2) is 10.2 Å². The van der Waals surface area contributed by atoms with Gasteiger partial charge in [-0.2, -0.15) is 0 Å². The molecular weight excluding hydrogens is 420 g/mol. The van der Waals surface area contributed by atoms with E-state index in [0.29, 0.717) is 22.6 Å². The lowest BCUT2D eigenvalue weighted by molar-refractivity contribution is 0.422. The van der Waals surface area contributed by atoms with Crippen LogP contribution in [0.15, 0.2) is 29.1 Å². The van der Waals surface area contributed by atoms with Crippen LogP contribution in [0, 0.1) is 0 Å². The van der Waals surface area contributed by atoms with E-state index in [1.807, 2.05) is 24.3 Å². The summed E-state index contributed by atoms with van der Waals surface area (Å²) in [4.78, 5) is 13.2. The molecule has 0 aliphatic carbocycles. The molecular formula is C31H42O3. The summed E-state index contributed by atoms with van der Waals surface area (Å²) in [5, 5.41) is 22.2. The summed E-state index contributed by atoms with van der Waals surface area (Å²) < 4.78 is 0. The molecule has 0 unspecified atom stereocenters. The Balaban J connectivity index is 2.29. The van der Waals surface area contributed by atoms with Crippen molar-refractivity contribution in [3.8, 4) is 33.8 Å². The highest BCUT2D eigenvalue weighted by Gasteiger charge is 2.34. The van der Waals surface area contributed by atoms with Crippen LogP contribution in [0.3, 0.4) is 0 Å². The van der Waals surface area contributed by atoms with Gasteiger partial charge in [-0.15, -0.1) is 0 Å². The van der Waals surface area contributed by atoms with Gasteiger partial charge in [0.25, 0.3) is 0 Å². The summed E-state index contributed by atoms with van der Waals surface area (Å²) in [6.45, 7) is 24.9. The predicted octanol–water partition coefficient (Wildman–Crippen LogP) is 7.86. The Morgan fingerprint density at radius 2 is 0.676 bits per heavy atom. The molecule has 3 aromatic rings. The number of benzene rings is 2. The molecule has 0 amide bonds. The lowest BCUT2D eigenvalue weighted by atomic mass is 9.77. The molecule has 0 spiro atoms. The van der Waals surface area contributed by atoms with Crippen molar-refractivity contribution in [2.24, 2.45) is 0 Å². The minimum Gasteiger partial charge on any atom is -0.507 e. The van der Waals surface area contributed by atoms with Gasteiger partial charge in [-0.1, -0.05) is 83.1 Å². The lowest BCUT2D eigenvalue weighted by Gasteiger charge is -2.28. The normalized spacial score (nSPS) is 13.6. The van der Waals surface area contributed by atoms with E-state index in [4.69, 9.17) is 0 Å². The molecule has 0 aromatic heterocycles. The zero-order valence-electron chi connectivity index (χ0n) is 23.1. The highest BCUT2D eigenvalue weighted by atomic mass is 16.3. The smallest absolute Gasteiger partial charge is 0.195 e. The molecule has 0 saturated heterocycles. The molecule has 184 valence electrons. The second-order valence-electron chi connectivity index (χ2n) is 13.9. The molecule has 0 bridgehead atoms. The number of hydrogen-bond donors (Lipinski definition) is 2. The van der Waals surface area contributed by atoms with E-state index < -0.39 is 0 Å². The van der Waals surface area contributed by atoms with Gasteiger partial charge in [0.2, 0.25) is 0 Å². The third-order valence-electron chi connectivity index (χ3n) is 6.67. The average Bonchev–Trinajstić information content (AvgIpc) is 3.29. The molecule has 0 fully saturated rings. The van der Waals surface area contributed by atoms with Gasteiger partial charge in [0, 0.05) is 33.4 Å². The molecule has 0 aliphatic heterocycles. The molecule has 3 nitrogen and oxygen atoms in total. The fraction of sp³-hybridized carbons (Fsp3) is 0.516. The van der Waals surface area contributed by atoms with Gasteiger partial charge < -0.3 is 10.2 Å². The first-order chi connectivity index (χ1) is 15.2. The van der Waals surface area contributed by atoms with Crippen LogP contribution in [-0.2, 0) is 21.7 Å². The van der Waals surface area contributed by atoms with Gasteiger partial charge in [0.1, 0.15) is 11.5 Å². The van der Waals surface area contributed by atoms with Gasteiger partial charge in [-0.25, -0.2) is 0 Å². The lowest BCUT2D eigenvalue weighted by Crippen LogP contribution is -2.17. The summed E-state index contributed by atoms with van der Waals surface area (Å²) >= 11 is 0. The zero-order chi connectivity index (χ0) is 26.2. The van der Waals surface area contributed by atoms with Crippen LogP contribution in [0.1, 0.15) is 105 Å². The zero-order valence-corrected chi connectivity index (χ0v) is 23.1. The van der Waals surface area contributed by atoms with Crippen LogP contribution < -0.4 is 5.43 Å². The predicted molar refractivity (Wildman–Crippen MR) is 144 cm³/mol. The van der Waals surface area contributed by atoms with Gasteiger partial charge in [0.15, 0.2) is 5.43 Å². The molecule has 0 heterocycles. The molecule has 34 heavy (non-hydrogen) atoms. The van der Waals surface area contributed by atoms with Crippen LogP contribution in [0.5, 0.6) is 11.5 Å². The van der Waals surface area contributed by atoms with Crippen molar-refractivity contribution in [2.75, 3.05) is 0 Å². The highest BCUT2D eigenvalue weighted by Crippen LogP contribution is 2.47. The van der Waals surface area contributed by atoms with Gasteiger partial charge in [-0.05, 0) is 57.1 Å². The van der Waals surface area contributed by atoms with Crippen molar-refractivity contribution in [3.05, 3.63) is 56.7 Å². The van der Waals surface area contributed by atoms with E-state index >= 15 is 0 Å². The van der Waals surface area contributed by atoms with E-state index in [2.05, 4.69) is 83.1 Å². The first-order valence-corrected chi connectivity index (χ1v) is 12.2. The van der Waals surface area contributed by atoms with E-state index in [1.54, 1.807) is 0 Å². The summed E-state index contributed by atoms with van der Waals surface area (Å²) in [6.07, 6.45) is 0. The first kappa shape index (κ1) is 26.1. The van der Waals surface area contributed by atoms with Gasteiger partial charge in [0.05, 0.1) is 0 Å². The van der Waals surface area contributed by atoms with E-state index in [1.165, 1.54) is 0 Å². The second kappa shape index (κ2) is 7.73. The van der Waals surface area contributed by atoms with E-state index in [-0.39, 0.29) is 27.1 Å². The minimum atomic E-state index is -0.268. The second-order valence-corrected chi connectivity index (χ2v) is 13.9. The minimum absolute atomic E-state index is 0.0378. The summed E-state index contributed by atoms with van der Waals surface area (Å²) in [6, 6.07) is 7.89. The Morgan fingerprint density at radius 3 is 0.853 bits per heavy atom. The van der Waals surface area contributed by atoms with Crippen molar-refractivity contribution in [3.63, 3.8) is 0 Å². The number of phenols is 2. The highest BCUT2D eigenvalue weighted by molar-refractivity contribution is 5.95. The Hall–Kier alpha value is -2.55. The largest absolute Gasteiger partial charge is 0.507 e. The van der Waals surface area contributed by atoms with Gasteiger partial charge in [-0.3, -0.25) is 4.79 Å². The van der Waals surface area contributed by atoms with Crippen molar-refractivity contribution in [2.45, 2.75) is 105 Å². The molecule has 0 saturated carbocycles. The Kier molecular flexibility index (Phi) is 5.93. The molecule has 3 rings (SSSR count). The summed E-state index contributed by atoms with van der Waals surface area (Å²) in [5.41, 5.74) is 5.48. The standard InChI is InChI=1S/C31H42O3/c1-28(2,3)19-13-17(14-20(25(19)32)29(4,5)6)23-24(27(23)34)18-15-21(30(7,8)9)26(33)22(16-18)31(10,11)12/h13-16,32-33H,1-12H3. The summed E-state index contributed by atoms with van der Waals surface area (Å²) in [7, 11) is 0. The molecule has 0 atom stereocenters. The molecule has 3 heteroatoms. The molecule has 2 N–H and O–H groups in total. The third-order valence-corrected chi connectivity index (χ3v) is 6.67. The Morgan fingerprint density at radius 1 is 0.471 bits per heavy atom. The topological polar surface area (TPSA) is 57.5 Å². The molecule has 0 radical (unpaired) electrons. The fourth-order valence-corrected chi connectivity index (χ4v) is 4.57. The van der Waals surface area contributed by atoms with Crippen LogP contribution in [0.2, 0.25) is 0 Å². The monoisotopic (exact) mass is 462 g/mol. The number of rotatable bonds is 2. The maximum Gasteiger partial charge on any atom is 0.195 e. The number of hydrogen-bond acceptors (Lipinski definition) is 3. The number of aromatic hydroxyl groups is 2. The van der Waals surface area contributed by atoms with E-state index in [0.717, 1.165) is 33.4 Å². The first-order valence-electron chi connectivity index (χ1n) is 12.2. The van der Waals surface area contributed by atoms with Crippen LogP contribution >= 0.6 is 0 Å². The fourth-order valence-electron chi connectivity index (χ4n) is 4.57. The third kappa shape index (κ3) is 4.67. The van der Waals surface area contributed by atoms with E-state index in [9.17, 15) is 15.0 Å². The summed E-state index contributed by atoms with van der Waals surface area (Å²) in [5.74, 6) is 0.627. The molecule has 3 aromatic carbocycles. The maximum absolute atomic E-state index is 13.2. The Bertz CT molecular complexity index is 1090. The number of phenolic OH excluding ortho intramolecular Hbond substituents is 2.